The number of hydrogen-bond donors (Lipinski definition) is 1. The highest BCUT2D eigenvalue weighted by atomic mass is 35.5. The second-order valence-corrected chi connectivity index (χ2v) is 5.58. The molecule has 23 heavy (non-hydrogen) atoms. The molecule has 1 heterocycles. The molecule has 2 aromatic carbocycles. The summed E-state index contributed by atoms with van der Waals surface area (Å²) in [6.07, 6.45) is 0. The van der Waals surface area contributed by atoms with Crippen molar-refractivity contribution < 1.29 is 9.32 Å². The molecule has 0 aliphatic rings. The van der Waals surface area contributed by atoms with E-state index in [1.54, 1.807) is 48.5 Å². The summed E-state index contributed by atoms with van der Waals surface area (Å²) < 4.78 is 5.12. The Morgan fingerprint density at radius 2 is 1.61 bits per heavy atom. The molecular weight excluding hydrogens is 337 g/mol. The van der Waals surface area contributed by atoms with E-state index in [4.69, 9.17) is 27.7 Å². The van der Waals surface area contributed by atoms with Crippen LogP contribution in [0.25, 0.3) is 11.4 Å². The summed E-state index contributed by atoms with van der Waals surface area (Å²) in [5, 5.41) is 7.80. The van der Waals surface area contributed by atoms with Crippen molar-refractivity contribution in [2.45, 2.75) is 6.54 Å². The van der Waals surface area contributed by atoms with Gasteiger partial charge in [-0.05, 0) is 48.5 Å². The van der Waals surface area contributed by atoms with Gasteiger partial charge in [0.05, 0.1) is 6.54 Å². The lowest BCUT2D eigenvalue weighted by Crippen LogP contribution is -2.22. The lowest BCUT2D eigenvalue weighted by atomic mass is 10.2. The Morgan fingerprint density at radius 1 is 1.00 bits per heavy atom. The van der Waals surface area contributed by atoms with Crippen molar-refractivity contribution in [3.05, 3.63) is 70.0 Å². The quantitative estimate of drug-likeness (QED) is 0.775. The van der Waals surface area contributed by atoms with Gasteiger partial charge < -0.3 is 9.84 Å². The van der Waals surface area contributed by atoms with E-state index in [1.807, 2.05) is 0 Å². The van der Waals surface area contributed by atoms with Crippen molar-refractivity contribution in [1.82, 2.24) is 15.5 Å². The van der Waals surface area contributed by atoms with Gasteiger partial charge in [0, 0.05) is 21.2 Å². The third-order valence-electron chi connectivity index (χ3n) is 3.08. The standard InChI is InChI=1S/C16H11Cl2N3O2/c17-12-5-1-10(2-6-12)15-20-14(23-21-15)9-19-16(22)11-3-7-13(18)8-4-11/h1-8H,9H2,(H,19,22). The highest BCUT2D eigenvalue weighted by Crippen LogP contribution is 2.18. The fourth-order valence-electron chi connectivity index (χ4n) is 1.90. The van der Waals surface area contributed by atoms with Crippen molar-refractivity contribution >= 4 is 29.1 Å². The van der Waals surface area contributed by atoms with Gasteiger partial charge in [0.15, 0.2) is 0 Å². The molecule has 7 heteroatoms. The van der Waals surface area contributed by atoms with Gasteiger partial charge in [0.25, 0.3) is 5.91 Å². The zero-order valence-corrected chi connectivity index (χ0v) is 13.3. The van der Waals surface area contributed by atoms with E-state index in [-0.39, 0.29) is 12.5 Å². The molecule has 0 aliphatic heterocycles. The topological polar surface area (TPSA) is 68.0 Å². The van der Waals surface area contributed by atoms with Crippen LogP contribution in [-0.4, -0.2) is 16.0 Å². The summed E-state index contributed by atoms with van der Waals surface area (Å²) in [7, 11) is 0. The minimum Gasteiger partial charge on any atom is -0.343 e. The smallest absolute Gasteiger partial charge is 0.251 e. The third kappa shape index (κ3) is 3.88. The number of carbonyl (C=O) groups excluding carboxylic acids is 1. The van der Waals surface area contributed by atoms with Gasteiger partial charge >= 0.3 is 0 Å². The third-order valence-corrected chi connectivity index (χ3v) is 3.58. The first kappa shape index (κ1) is 15.5. The lowest BCUT2D eigenvalue weighted by Gasteiger charge is -2.02. The number of carbonyl (C=O) groups is 1. The van der Waals surface area contributed by atoms with Gasteiger partial charge in [-0.1, -0.05) is 28.4 Å². The van der Waals surface area contributed by atoms with Gasteiger partial charge in [-0.3, -0.25) is 4.79 Å². The first-order valence-electron chi connectivity index (χ1n) is 6.74. The van der Waals surface area contributed by atoms with Crippen molar-refractivity contribution in [2.24, 2.45) is 0 Å². The van der Waals surface area contributed by atoms with Crippen LogP contribution in [0.2, 0.25) is 10.0 Å². The maximum atomic E-state index is 12.0. The van der Waals surface area contributed by atoms with Crippen molar-refractivity contribution in [2.75, 3.05) is 0 Å². The first-order chi connectivity index (χ1) is 11.1. The molecule has 1 amide bonds. The Labute approximate surface area is 142 Å². The highest BCUT2D eigenvalue weighted by Gasteiger charge is 2.11. The molecule has 3 rings (SSSR count). The Hall–Kier alpha value is -2.37. The zero-order chi connectivity index (χ0) is 16.2. The van der Waals surface area contributed by atoms with Crippen molar-refractivity contribution in [1.29, 1.82) is 0 Å². The predicted octanol–water partition coefficient (Wildman–Crippen LogP) is 3.97. The van der Waals surface area contributed by atoms with Crippen LogP contribution in [0.15, 0.2) is 53.1 Å². The van der Waals surface area contributed by atoms with Gasteiger partial charge in [-0.15, -0.1) is 0 Å². The van der Waals surface area contributed by atoms with E-state index >= 15 is 0 Å². The summed E-state index contributed by atoms with van der Waals surface area (Å²) in [5.41, 5.74) is 1.29. The van der Waals surface area contributed by atoms with Crippen LogP contribution in [0.5, 0.6) is 0 Å². The van der Waals surface area contributed by atoms with E-state index < -0.39 is 0 Å². The maximum Gasteiger partial charge on any atom is 0.251 e. The largest absolute Gasteiger partial charge is 0.343 e. The summed E-state index contributed by atoms with van der Waals surface area (Å²) in [5.74, 6) is 0.516. The van der Waals surface area contributed by atoms with Crippen LogP contribution in [-0.2, 0) is 6.54 Å². The normalized spacial score (nSPS) is 10.5. The maximum absolute atomic E-state index is 12.0. The fourth-order valence-corrected chi connectivity index (χ4v) is 2.15. The molecule has 0 aliphatic carbocycles. The number of aromatic nitrogens is 2. The van der Waals surface area contributed by atoms with Crippen LogP contribution in [0.3, 0.4) is 0 Å². The minimum atomic E-state index is -0.243. The second kappa shape index (κ2) is 6.81. The number of halogens is 2. The molecule has 116 valence electrons. The molecule has 0 atom stereocenters. The molecule has 3 aromatic rings. The Morgan fingerprint density at radius 3 is 2.26 bits per heavy atom. The van der Waals surface area contributed by atoms with E-state index in [0.29, 0.717) is 27.3 Å². The summed E-state index contributed by atoms with van der Waals surface area (Å²) >= 11 is 11.6. The molecule has 0 spiro atoms. The number of benzene rings is 2. The molecule has 0 fully saturated rings. The molecule has 0 saturated carbocycles. The molecule has 0 saturated heterocycles. The van der Waals surface area contributed by atoms with E-state index in [0.717, 1.165) is 5.56 Å². The predicted molar refractivity (Wildman–Crippen MR) is 87.4 cm³/mol. The molecule has 0 radical (unpaired) electrons. The first-order valence-corrected chi connectivity index (χ1v) is 7.50. The van der Waals surface area contributed by atoms with Gasteiger partial charge in [-0.2, -0.15) is 4.98 Å². The fraction of sp³-hybridized carbons (Fsp3) is 0.0625. The molecular formula is C16H11Cl2N3O2. The van der Waals surface area contributed by atoms with Crippen molar-refractivity contribution in [3.8, 4) is 11.4 Å². The number of hydrogen-bond acceptors (Lipinski definition) is 4. The summed E-state index contributed by atoms with van der Waals surface area (Å²) in [6.45, 7) is 0.141. The average molecular weight is 348 g/mol. The number of amides is 1. The highest BCUT2D eigenvalue weighted by molar-refractivity contribution is 6.30. The lowest BCUT2D eigenvalue weighted by molar-refractivity contribution is 0.0946. The van der Waals surface area contributed by atoms with Crippen LogP contribution in [0.4, 0.5) is 0 Å². The van der Waals surface area contributed by atoms with E-state index in [1.165, 1.54) is 0 Å². The van der Waals surface area contributed by atoms with Gasteiger partial charge in [-0.25, -0.2) is 0 Å². The Kier molecular flexibility index (Phi) is 4.60. The molecule has 1 aromatic heterocycles. The van der Waals surface area contributed by atoms with Crippen LogP contribution < -0.4 is 5.32 Å². The average Bonchev–Trinajstić information content (AvgIpc) is 3.03. The summed E-state index contributed by atoms with van der Waals surface area (Å²) in [6, 6.07) is 13.7. The number of nitrogens with zero attached hydrogens (tertiary/aromatic N) is 2. The number of rotatable bonds is 4. The van der Waals surface area contributed by atoms with Crippen molar-refractivity contribution in [3.63, 3.8) is 0 Å². The molecule has 5 nitrogen and oxygen atoms in total. The van der Waals surface area contributed by atoms with E-state index in [2.05, 4.69) is 15.5 Å². The monoisotopic (exact) mass is 347 g/mol. The SMILES string of the molecule is O=C(NCc1nc(-c2ccc(Cl)cc2)no1)c1ccc(Cl)cc1. The molecule has 0 unspecified atom stereocenters. The minimum absolute atomic E-state index is 0.141. The van der Waals surface area contributed by atoms with Crippen LogP contribution in [0, 0.1) is 0 Å². The molecule has 1 N–H and O–H groups in total. The van der Waals surface area contributed by atoms with Gasteiger partial charge in [0.1, 0.15) is 0 Å². The number of nitrogens with one attached hydrogen (secondary N) is 1. The zero-order valence-electron chi connectivity index (χ0n) is 11.8. The summed E-state index contributed by atoms with van der Waals surface area (Å²) in [4.78, 5) is 16.2. The Bertz CT molecular complexity index is 814. The van der Waals surface area contributed by atoms with Gasteiger partial charge in [0.2, 0.25) is 11.7 Å². The van der Waals surface area contributed by atoms with Crippen LogP contribution in [0.1, 0.15) is 16.2 Å². The molecule has 0 bridgehead atoms. The van der Waals surface area contributed by atoms with E-state index in [9.17, 15) is 4.79 Å². The second-order valence-electron chi connectivity index (χ2n) is 4.71. The Balaban J connectivity index is 1.64. The van der Waals surface area contributed by atoms with Crippen LogP contribution >= 0.6 is 23.2 Å².